The summed E-state index contributed by atoms with van der Waals surface area (Å²) in [5, 5.41) is 11.5. The highest BCUT2D eigenvalue weighted by Gasteiger charge is 2.35. The summed E-state index contributed by atoms with van der Waals surface area (Å²) in [6.45, 7) is 3.68. The Labute approximate surface area is 155 Å². The summed E-state index contributed by atoms with van der Waals surface area (Å²) >= 11 is 2.73. The van der Waals surface area contributed by atoms with Gasteiger partial charge in [-0.1, -0.05) is 48.2 Å². The van der Waals surface area contributed by atoms with E-state index in [1.165, 1.54) is 23.1 Å². The van der Waals surface area contributed by atoms with Crippen molar-refractivity contribution in [2.75, 3.05) is 10.2 Å². The molecule has 0 radical (unpaired) electrons. The second-order valence-corrected chi connectivity index (χ2v) is 8.36. The number of hydrogen-bond acceptors (Lipinski definition) is 6. The van der Waals surface area contributed by atoms with Gasteiger partial charge in [-0.3, -0.25) is 14.5 Å². The van der Waals surface area contributed by atoms with Crippen LogP contribution in [0.2, 0.25) is 0 Å². The number of thioether (sulfide) groups is 1. The van der Waals surface area contributed by atoms with Gasteiger partial charge in [0.25, 0.3) is 0 Å². The monoisotopic (exact) mass is 376 g/mol. The summed E-state index contributed by atoms with van der Waals surface area (Å²) in [5.74, 6) is -0.0123. The van der Waals surface area contributed by atoms with Crippen molar-refractivity contribution < 1.29 is 9.59 Å². The molecule has 0 bridgehead atoms. The van der Waals surface area contributed by atoms with Crippen LogP contribution in [0.15, 0.2) is 34.7 Å². The van der Waals surface area contributed by atoms with Crippen molar-refractivity contribution in [3.63, 3.8) is 0 Å². The quantitative estimate of drug-likeness (QED) is 0.591. The van der Waals surface area contributed by atoms with Crippen LogP contribution in [-0.4, -0.2) is 33.3 Å². The molecule has 25 heavy (non-hydrogen) atoms. The Balaban J connectivity index is 1.62. The van der Waals surface area contributed by atoms with E-state index in [1.807, 2.05) is 44.2 Å². The molecule has 1 aromatic heterocycles. The molecule has 1 aliphatic carbocycles. The minimum Gasteiger partial charge on any atom is -0.325 e. The van der Waals surface area contributed by atoms with E-state index >= 15 is 0 Å². The molecule has 1 atom stereocenters. The van der Waals surface area contributed by atoms with Crippen molar-refractivity contribution in [2.45, 2.75) is 48.7 Å². The fraction of sp³-hybridized carbons (Fsp3) is 0.412. The van der Waals surface area contributed by atoms with Crippen molar-refractivity contribution in [3.05, 3.63) is 30.3 Å². The highest BCUT2D eigenvalue weighted by molar-refractivity contribution is 8.02. The largest absolute Gasteiger partial charge is 0.325 e. The van der Waals surface area contributed by atoms with E-state index in [1.54, 1.807) is 4.90 Å². The van der Waals surface area contributed by atoms with Crippen LogP contribution in [-0.2, 0) is 9.59 Å². The summed E-state index contributed by atoms with van der Waals surface area (Å²) in [4.78, 5) is 26.2. The van der Waals surface area contributed by atoms with Crippen LogP contribution in [0.3, 0.4) is 0 Å². The van der Waals surface area contributed by atoms with E-state index in [2.05, 4.69) is 15.5 Å². The van der Waals surface area contributed by atoms with E-state index < -0.39 is 0 Å². The van der Waals surface area contributed by atoms with Gasteiger partial charge in [-0.05, 0) is 31.9 Å². The Morgan fingerprint density at radius 1 is 1.32 bits per heavy atom. The maximum atomic E-state index is 12.3. The number of carbonyl (C=O) groups excluding carboxylic acids is 2. The Kier molecular flexibility index (Phi) is 5.70. The first-order chi connectivity index (χ1) is 12.1. The number of aromatic nitrogens is 2. The number of benzene rings is 1. The van der Waals surface area contributed by atoms with Crippen molar-refractivity contribution in [1.29, 1.82) is 0 Å². The van der Waals surface area contributed by atoms with Crippen LogP contribution in [0.4, 0.5) is 10.8 Å². The van der Waals surface area contributed by atoms with Gasteiger partial charge in [0, 0.05) is 18.2 Å². The third-order valence-electron chi connectivity index (χ3n) is 3.77. The van der Waals surface area contributed by atoms with Gasteiger partial charge < -0.3 is 5.32 Å². The first-order valence-electron chi connectivity index (χ1n) is 8.26. The molecule has 3 rings (SSSR count). The van der Waals surface area contributed by atoms with Gasteiger partial charge in [0.05, 0.1) is 5.25 Å². The summed E-state index contributed by atoms with van der Waals surface area (Å²) in [7, 11) is 0. The van der Waals surface area contributed by atoms with Gasteiger partial charge in [0.1, 0.15) is 0 Å². The molecular weight excluding hydrogens is 356 g/mol. The highest BCUT2D eigenvalue weighted by atomic mass is 32.2. The van der Waals surface area contributed by atoms with E-state index in [0.29, 0.717) is 15.9 Å². The van der Waals surface area contributed by atoms with Gasteiger partial charge >= 0.3 is 0 Å². The fourth-order valence-electron chi connectivity index (χ4n) is 2.29. The second-order valence-electron chi connectivity index (χ2n) is 5.81. The molecule has 0 aliphatic heterocycles. The van der Waals surface area contributed by atoms with Gasteiger partial charge in [-0.25, -0.2) is 0 Å². The first kappa shape index (κ1) is 17.9. The van der Waals surface area contributed by atoms with Crippen molar-refractivity contribution in [1.82, 2.24) is 10.2 Å². The Morgan fingerprint density at radius 2 is 2.04 bits per heavy atom. The molecule has 6 nitrogen and oxygen atoms in total. The summed E-state index contributed by atoms with van der Waals surface area (Å²) in [6.07, 6.45) is 2.49. The first-order valence-corrected chi connectivity index (χ1v) is 9.96. The number of para-hydroxylation sites is 1. The number of anilines is 2. The maximum absolute atomic E-state index is 12.3. The van der Waals surface area contributed by atoms with Crippen LogP contribution in [0.1, 0.15) is 33.1 Å². The molecule has 132 valence electrons. The zero-order valence-electron chi connectivity index (χ0n) is 14.1. The minimum atomic E-state index is -0.308. The summed E-state index contributed by atoms with van der Waals surface area (Å²) in [6, 6.07) is 9.62. The molecule has 0 unspecified atom stereocenters. The zero-order valence-corrected chi connectivity index (χ0v) is 15.8. The fourth-order valence-corrected chi connectivity index (χ4v) is 4.36. The van der Waals surface area contributed by atoms with Crippen LogP contribution in [0.25, 0.3) is 0 Å². The lowest BCUT2D eigenvalue weighted by atomic mass is 10.3. The predicted octanol–water partition coefficient (Wildman–Crippen LogP) is 3.56. The minimum absolute atomic E-state index is 0.0741. The lowest BCUT2D eigenvalue weighted by molar-refractivity contribution is -0.118. The molecule has 2 amide bonds. The average Bonchev–Trinajstić information content (AvgIpc) is 3.35. The number of amides is 2. The Bertz CT molecular complexity index is 746. The van der Waals surface area contributed by atoms with E-state index in [-0.39, 0.29) is 23.1 Å². The Hall–Kier alpha value is -1.93. The average molecular weight is 377 g/mol. The molecule has 1 heterocycles. The molecule has 1 fully saturated rings. The van der Waals surface area contributed by atoms with Gasteiger partial charge in [0.2, 0.25) is 16.9 Å². The molecule has 2 aromatic rings. The van der Waals surface area contributed by atoms with Gasteiger partial charge in [-0.15, -0.1) is 10.2 Å². The lowest BCUT2D eigenvalue weighted by Crippen LogP contribution is -2.32. The van der Waals surface area contributed by atoms with E-state index in [0.717, 1.165) is 18.5 Å². The topological polar surface area (TPSA) is 75.2 Å². The zero-order chi connectivity index (χ0) is 17.8. The SMILES string of the molecule is CCC(=O)N(c1nnc(S[C@@H](C)C(=O)Nc2ccccc2)s1)C1CC1. The molecule has 0 saturated heterocycles. The smallest absolute Gasteiger partial charge is 0.237 e. The van der Waals surface area contributed by atoms with Gasteiger partial charge in [-0.2, -0.15) is 0 Å². The van der Waals surface area contributed by atoms with Crippen LogP contribution in [0.5, 0.6) is 0 Å². The number of rotatable bonds is 7. The van der Waals surface area contributed by atoms with Crippen molar-refractivity contribution in [2.24, 2.45) is 0 Å². The summed E-state index contributed by atoms with van der Waals surface area (Å²) in [5.41, 5.74) is 0.770. The van der Waals surface area contributed by atoms with Crippen LogP contribution < -0.4 is 10.2 Å². The number of carbonyl (C=O) groups is 2. The normalized spacial score (nSPS) is 14.8. The third kappa shape index (κ3) is 4.58. The molecular formula is C17H20N4O2S2. The highest BCUT2D eigenvalue weighted by Crippen LogP contribution is 2.37. The Morgan fingerprint density at radius 3 is 2.68 bits per heavy atom. The molecule has 1 saturated carbocycles. The van der Waals surface area contributed by atoms with E-state index in [9.17, 15) is 9.59 Å². The van der Waals surface area contributed by atoms with Crippen LogP contribution >= 0.6 is 23.1 Å². The number of nitrogens with zero attached hydrogens (tertiary/aromatic N) is 3. The second kappa shape index (κ2) is 7.97. The van der Waals surface area contributed by atoms with Crippen molar-refractivity contribution >= 4 is 45.7 Å². The molecule has 8 heteroatoms. The lowest BCUT2D eigenvalue weighted by Gasteiger charge is -2.17. The summed E-state index contributed by atoms with van der Waals surface area (Å²) < 4.78 is 0.695. The third-order valence-corrected chi connectivity index (χ3v) is 5.88. The standard InChI is InChI=1S/C17H20N4O2S2/c1-3-14(22)21(13-9-10-13)16-19-20-17(25-16)24-11(2)15(23)18-12-7-5-4-6-8-12/h4-8,11,13H,3,9-10H2,1-2H3,(H,18,23)/t11-/m0/s1. The van der Waals surface area contributed by atoms with Crippen LogP contribution in [0, 0.1) is 0 Å². The number of hydrogen-bond donors (Lipinski definition) is 1. The molecule has 1 aromatic carbocycles. The maximum Gasteiger partial charge on any atom is 0.237 e. The molecule has 1 N–H and O–H groups in total. The van der Waals surface area contributed by atoms with Gasteiger partial charge in [0.15, 0.2) is 4.34 Å². The molecule has 0 spiro atoms. The van der Waals surface area contributed by atoms with E-state index in [4.69, 9.17) is 0 Å². The van der Waals surface area contributed by atoms with Crippen molar-refractivity contribution in [3.8, 4) is 0 Å². The molecule has 1 aliphatic rings. The predicted molar refractivity (Wildman–Crippen MR) is 101 cm³/mol. The number of nitrogens with one attached hydrogen (secondary N) is 1.